The SMILES string of the molecule is CC1CCN(c2ccc(NC(=O)CCc3ccccc3)cc2)C1. The maximum absolute atomic E-state index is 12.0. The highest BCUT2D eigenvalue weighted by molar-refractivity contribution is 5.91. The maximum atomic E-state index is 12.0. The Bertz CT molecular complexity index is 636. The largest absolute Gasteiger partial charge is 0.371 e. The van der Waals surface area contributed by atoms with E-state index in [0.29, 0.717) is 6.42 Å². The van der Waals surface area contributed by atoms with Gasteiger partial charge in [0.25, 0.3) is 0 Å². The predicted octanol–water partition coefficient (Wildman–Crippen LogP) is 4.10. The average molecular weight is 308 g/mol. The summed E-state index contributed by atoms with van der Waals surface area (Å²) in [5.74, 6) is 0.837. The molecule has 1 aliphatic heterocycles. The molecule has 1 N–H and O–H groups in total. The smallest absolute Gasteiger partial charge is 0.224 e. The first kappa shape index (κ1) is 15.6. The van der Waals surface area contributed by atoms with Gasteiger partial charge in [-0.05, 0) is 48.6 Å². The van der Waals surface area contributed by atoms with Crippen molar-refractivity contribution >= 4 is 17.3 Å². The Morgan fingerprint density at radius 2 is 1.87 bits per heavy atom. The van der Waals surface area contributed by atoms with Crippen molar-refractivity contribution < 1.29 is 4.79 Å². The lowest BCUT2D eigenvalue weighted by molar-refractivity contribution is -0.116. The van der Waals surface area contributed by atoms with Crippen LogP contribution in [0.4, 0.5) is 11.4 Å². The molecule has 0 spiro atoms. The van der Waals surface area contributed by atoms with Gasteiger partial charge < -0.3 is 10.2 Å². The van der Waals surface area contributed by atoms with E-state index in [-0.39, 0.29) is 5.91 Å². The van der Waals surface area contributed by atoms with Gasteiger partial charge >= 0.3 is 0 Å². The Hall–Kier alpha value is -2.29. The summed E-state index contributed by atoms with van der Waals surface area (Å²) in [7, 11) is 0. The minimum Gasteiger partial charge on any atom is -0.371 e. The fourth-order valence-corrected chi connectivity index (χ4v) is 3.05. The number of benzene rings is 2. The molecular formula is C20H24N2O. The van der Waals surface area contributed by atoms with E-state index >= 15 is 0 Å². The van der Waals surface area contributed by atoms with Crippen LogP contribution in [0.15, 0.2) is 54.6 Å². The van der Waals surface area contributed by atoms with Gasteiger partial charge in [0.1, 0.15) is 0 Å². The highest BCUT2D eigenvalue weighted by Gasteiger charge is 2.18. The first-order chi connectivity index (χ1) is 11.2. The zero-order chi connectivity index (χ0) is 16.1. The molecule has 3 nitrogen and oxygen atoms in total. The molecule has 1 fully saturated rings. The summed E-state index contributed by atoms with van der Waals surface area (Å²) in [5, 5.41) is 2.98. The summed E-state index contributed by atoms with van der Waals surface area (Å²) in [5.41, 5.74) is 3.32. The number of aryl methyl sites for hydroxylation is 1. The van der Waals surface area contributed by atoms with E-state index in [1.807, 2.05) is 30.3 Å². The molecule has 0 radical (unpaired) electrons. The van der Waals surface area contributed by atoms with E-state index in [9.17, 15) is 4.79 Å². The highest BCUT2D eigenvalue weighted by atomic mass is 16.1. The van der Waals surface area contributed by atoms with Crippen LogP contribution < -0.4 is 10.2 Å². The molecule has 3 rings (SSSR count). The van der Waals surface area contributed by atoms with Gasteiger partial charge in [0.2, 0.25) is 5.91 Å². The number of amides is 1. The van der Waals surface area contributed by atoms with Crippen molar-refractivity contribution in [1.29, 1.82) is 0 Å². The first-order valence-electron chi connectivity index (χ1n) is 8.39. The number of hydrogen-bond donors (Lipinski definition) is 1. The Kier molecular flexibility index (Phi) is 4.96. The van der Waals surface area contributed by atoms with Crippen LogP contribution in [0, 0.1) is 5.92 Å². The third kappa shape index (κ3) is 4.35. The Labute approximate surface area is 138 Å². The van der Waals surface area contributed by atoms with Crippen molar-refractivity contribution in [2.24, 2.45) is 5.92 Å². The van der Waals surface area contributed by atoms with Crippen molar-refractivity contribution in [3.8, 4) is 0 Å². The monoisotopic (exact) mass is 308 g/mol. The fourth-order valence-electron chi connectivity index (χ4n) is 3.05. The van der Waals surface area contributed by atoms with E-state index in [0.717, 1.165) is 31.1 Å². The van der Waals surface area contributed by atoms with Crippen molar-refractivity contribution in [3.05, 3.63) is 60.2 Å². The van der Waals surface area contributed by atoms with Crippen molar-refractivity contribution in [3.63, 3.8) is 0 Å². The van der Waals surface area contributed by atoms with E-state index in [2.05, 4.69) is 41.4 Å². The zero-order valence-electron chi connectivity index (χ0n) is 13.7. The van der Waals surface area contributed by atoms with E-state index < -0.39 is 0 Å². The normalized spacial score (nSPS) is 17.3. The van der Waals surface area contributed by atoms with Crippen molar-refractivity contribution in [1.82, 2.24) is 0 Å². The molecule has 120 valence electrons. The van der Waals surface area contributed by atoms with Gasteiger partial charge in [-0.1, -0.05) is 37.3 Å². The molecule has 0 bridgehead atoms. The second-order valence-corrected chi connectivity index (χ2v) is 6.42. The van der Waals surface area contributed by atoms with Crippen LogP contribution in [-0.2, 0) is 11.2 Å². The minimum absolute atomic E-state index is 0.0661. The number of hydrogen-bond acceptors (Lipinski definition) is 2. The molecular weight excluding hydrogens is 284 g/mol. The molecule has 1 heterocycles. The molecule has 2 aromatic rings. The van der Waals surface area contributed by atoms with Gasteiger partial charge in [-0.2, -0.15) is 0 Å². The molecule has 0 aromatic heterocycles. The lowest BCUT2D eigenvalue weighted by Gasteiger charge is -2.18. The Balaban J connectivity index is 1.50. The zero-order valence-corrected chi connectivity index (χ0v) is 13.7. The molecule has 1 aliphatic rings. The van der Waals surface area contributed by atoms with Gasteiger partial charge in [-0.3, -0.25) is 4.79 Å². The molecule has 1 atom stereocenters. The summed E-state index contributed by atoms with van der Waals surface area (Å²) in [6, 6.07) is 18.3. The predicted molar refractivity (Wildman–Crippen MR) is 95.8 cm³/mol. The summed E-state index contributed by atoms with van der Waals surface area (Å²) in [4.78, 5) is 14.5. The third-order valence-corrected chi connectivity index (χ3v) is 4.42. The van der Waals surface area contributed by atoms with Gasteiger partial charge in [0.05, 0.1) is 0 Å². The van der Waals surface area contributed by atoms with Crippen LogP contribution in [0.2, 0.25) is 0 Å². The summed E-state index contributed by atoms with van der Waals surface area (Å²) in [6.45, 7) is 4.55. The average Bonchev–Trinajstić information content (AvgIpc) is 3.01. The second kappa shape index (κ2) is 7.32. The number of rotatable bonds is 5. The standard InChI is InChI=1S/C20H24N2O/c1-16-13-14-22(15-16)19-10-8-18(9-11-19)21-20(23)12-7-17-5-3-2-4-6-17/h2-6,8-11,16H,7,12-15H2,1H3,(H,21,23). The lowest BCUT2D eigenvalue weighted by Crippen LogP contribution is -2.19. The van der Waals surface area contributed by atoms with Crippen LogP contribution in [0.25, 0.3) is 0 Å². The quantitative estimate of drug-likeness (QED) is 0.901. The van der Waals surface area contributed by atoms with Gasteiger partial charge in [0.15, 0.2) is 0 Å². The molecule has 0 saturated carbocycles. The first-order valence-corrected chi connectivity index (χ1v) is 8.39. The molecule has 2 aromatic carbocycles. The number of anilines is 2. The summed E-state index contributed by atoms with van der Waals surface area (Å²) in [6.07, 6.45) is 2.55. The maximum Gasteiger partial charge on any atom is 0.224 e. The minimum atomic E-state index is 0.0661. The van der Waals surface area contributed by atoms with Crippen LogP contribution in [0.3, 0.4) is 0 Å². The van der Waals surface area contributed by atoms with Crippen molar-refractivity contribution in [2.45, 2.75) is 26.2 Å². The number of nitrogens with one attached hydrogen (secondary N) is 1. The second-order valence-electron chi connectivity index (χ2n) is 6.42. The molecule has 0 aliphatic carbocycles. The highest BCUT2D eigenvalue weighted by Crippen LogP contribution is 2.24. The van der Waals surface area contributed by atoms with Gasteiger partial charge in [0, 0.05) is 30.9 Å². The molecule has 1 amide bonds. The molecule has 1 unspecified atom stereocenters. The Morgan fingerprint density at radius 3 is 2.52 bits per heavy atom. The summed E-state index contributed by atoms with van der Waals surface area (Å²) >= 11 is 0. The van der Waals surface area contributed by atoms with E-state index in [1.54, 1.807) is 0 Å². The number of carbonyl (C=O) groups is 1. The van der Waals surface area contributed by atoms with Crippen molar-refractivity contribution in [2.75, 3.05) is 23.3 Å². The molecule has 23 heavy (non-hydrogen) atoms. The van der Waals surface area contributed by atoms with Gasteiger partial charge in [-0.25, -0.2) is 0 Å². The van der Waals surface area contributed by atoms with E-state index in [4.69, 9.17) is 0 Å². The van der Waals surface area contributed by atoms with Crippen LogP contribution >= 0.6 is 0 Å². The lowest BCUT2D eigenvalue weighted by atomic mass is 10.1. The number of carbonyl (C=O) groups excluding carboxylic acids is 1. The van der Waals surface area contributed by atoms with Gasteiger partial charge in [-0.15, -0.1) is 0 Å². The van der Waals surface area contributed by atoms with Crippen LogP contribution in [-0.4, -0.2) is 19.0 Å². The third-order valence-electron chi connectivity index (χ3n) is 4.42. The van der Waals surface area contributed by atoms with E-state index in [1.165, 1.54) is 17.7 Å². The molecule has 1 saturated heterocycles. The topological polar surface area (TPSA) is 32.3 Å². The van der Waals surface area contributed by atoms with Crippen LogP contribution in [0.5, 0.6) is 0 Å². The number of nitrogens with zero attached hydrogens (tertiary/aromatic N) is 1. The Morgan fingerprint density at radius 1 is 1.13 bits per heavy atom. The summed E-state index contributed by atoms with van der Waals surface area (Å²) < 4.78 is 0. The fraction of sp³-hybridized carbons (Fsp3) is 0.350. The molecule has 3 heteroatoms. The van der Waals surface area contributed by atoms with Crippen LogP contribution in [0.1, 0.15) is 25.3 Å².